The van der Waals surface area contributed by atoms with Gasteiger partial charge in [-0.15, -0.1) is 0 Å². The molecule has 4 aromatic rings. The van der Waals surface area contributed by atoms with Crippen LogP contribution in [0.25, 0.3) is 0 Å². The number of carbonyl (C=O) groups is 1. The van der Waals surface area contributed by atoms with Crippen LogP contribution < -0.4 is 16.0 Å². The van der Waals surface area contributed by atoms with E-state index in [1.807, 2.05) is 43.3 Å². The normalized spacial score (nSPS) is 14.0. The van der Waals surface area contributed by atoms with E-state index in [2.05, 4.69) is 38.1 Å². The van der Waals surface area contributed by atoms with Crippen LogP contribution in [0.2, 0.25) is 5.02 Å². The van der Waals surface area contributed by atoms with Crippen molar-refractivity contribution in [3.63, 3.8) is 0 Å². The van der Waals surface area contributed by atoms with E-state index in [-0.39, 0.29) is 17.0 Å². The molecule has 9 nitrogen and oxygen atoms in total. The minimum Gasteiger partial charge on any atom is -0.380 e. The van der Waals surface area contributed by atoms with Gasteiger partial charge < -0.3 is 20.7 Å². The largest absolute Gasteiger partial charge is 0.380 e. The molecule has 4 N–H and O–H groups in total. The fourth-order valence-electron chi connectivity index (χ4n) is 3.65. The number of carbonyl (C=O) groups excluding carboxylic acids is 1. The van der Waals surface area contributed by atoms with Crippen LogP contribution in [0.5, 0.6) is 0 Å². The number of aryl methyl sites for hydroxylation is 1. The first-order chi connectivity index (χ1) is 17.8. The van der Waals surface area contributed by atoms with Crippen LogP contribution in [-0.4, -0.2) is 45.8 Å². The standard InChI is InChI=1S/C26H26ClN7O2S.4H2/c1-16-11-23(34-33-16)30-22-12-21(28-13-26(2)14-36-15-26)31-25(32-22)37-18-9-7-17(8-10-18)29-24(35)19-5-3-4-6-20(19)27;;;;/h3-12H,13-15H2,1-2H3,(H,29,35)(H3,28,30,31,32,33,34);4*1H. The molecule has 0 unspecified atom stereocenters. The van der Waals surface area contributed by atoms with Crippen molar-refractivity contribution in [1.29, 1.82) is 0 Å². The summed E-state index contributed by atoms with van der Waals surface area (Å²) in [6.45, 7) is 6.31. The van der Waals surface area contributed by atoms with Gasteiger partial charge in [0.25, 0.3) is 5.91 Å². The topological polar surface area (TPSA) is 117 Å². The average Bonchev–Trinajstić information content (AvgIpc) is 3.27. The Hall–Kier alpha value is -3.60. The van der Waals surface area contributed by atoms with Crippen molar-refractivity contribution in [3.05, 3.63) is 76.9 Å². The first-order valence-electron chi connectivity index (χ1n) is 11.7. The van der Waals surface area contributed by atoms with Crippen LogP contribution in [-0.2, 0) is 4.74 Å². The lowest BCUT2D eigenvalue weighted by Gasteiger charge is -2.38. The van der Waals surface area contributed by atoms with Crippen LogP contribution in [0.1, 0.15) is 28.7 Å². The molecule has 2 aromatic carbocycles. The number of hydrogen-bond donors (Lipinski definition) is 4. The number of H-pyrrole nitrogens is 1. The van der Waals surface area contributed by atoms with E-state index in [1.165, 1.54) is 11.8 Å². The molecule has 1 aliphatic rings. The Morgan fingerprint density at radius 1 is 1.11 bits per heavy atom. The first-order valence-corrected chi connectivity index (χ1v) is 12.9. The van der Waals surface area contributed by atoms with Crippen molar-refractivity contribution in [2.24, 2.45) is 5.41 Å². The van der Waals surface area contributed by atoms with Crippen LogP contribution in [0.3, 0.4) is 0 Å². The summed E-state index contributed by atoms with van der Waals surface area (Å²) in [4.78, 5) is 22.8. The van der Waals surface area contributed by atoms with Crippen molar-refractivity contribution in [1.82, 2.24) is 20.2 Å². The number of halogens is 1. The SMILES string of the molecule is Cc1cc(Nc2cc(NCC3(C)COC3)nc(Sc3ccc(NC(=O)c4ccccc4Cl)cc3)n2)n[nH]1.[HH].[HH].[HH].[HH]. The monoisotopic (exact) mass is 543 g/mol. The maximum atomic E-state index is 12.5. The minimum atomic E-state index is -0.261. The molecule has 5 rings (SSSR count). The lowest BCUT2D eigenvalue weighted by atomic mass is 9.89. The Balaban J connectivity index is 0.00000210. The van der Waals surface area contributed by atoms with E-state index in [1.54, 1.807) is 24.3 Å². The quantitative estimate of drug-likeness (QED) is 0.171. The van der Waals surface area contributed by atoms with E-state index in [4.69, 9.17) is 21.3 Å². The smallest absolute Gasteiger partial charge is 0.257 e. The highest BCUT2D eigenvalue weighted by Gasteiger charge is 2.33. The molecule has 11 heteroatoms. The molecule has 198 valence electrons. The molecule has 0 radical (unpaired) electrons. The molecule has 3 heterocycles. The second-order valence-electron chi connectivity index (χ2n) is 9.20. The number of hydrogen-bond acceptors (Lipinski definition) is 8. The Morgan fingerprint density at radius 2 is 1.86 bits per heavy atom. The first kappa shape index (κ1) is 25.1. The molecule has 1 saturated heterocycles. The van der Waals surface area contributed by atoms with Crippen LogP contribution >= 0.6 is 23.4 Å². The van der Waals surface area contributed by atoms with Gasteiger partial charge in [-0.1, -0.05) is 30.7 Å². The summed E-state index contributed by atoms with van der Waals surface area (Å²) >= 11 is 7.56. The molecule has 0 bridgehead atoms. The molecular formula is C26H34ClN7O2S. The fraction of sp³-hybridized carbons (Fsp3) is 0.231. The van der Waals surface area contributed by atoms with Gasteiger partial charge >= 0.3 is 0 Å². The fourth-order valence-corrected chi connectivity index (χ4v) is 4.64. The Kier molecular flexibility index (Phi) is 7.31. The van der Waals surface area contributed by atoms with Gasteiger partial charge in [0.15, 0.2) is 11.0 Å². The highest BCUT2D eigenvalue weighted by atomic mass is 35.5. The van der Waals surface area contributed by atoms with E-state index < -0.39 is 0 Å². The van der Waals surface area contributed by atoms with Crippen molar-refractivity contribution in [2.45, 2.75) is 23.9 Å². The summed E-state index contributed by atoms with van der Waals surface area (Å²) < 4.78 is 5.36. The highest BCUT2D eigenvalue weighted by Crippen LogP contribution is 2.31. The van der Waals surface area contributed by atoms with Crippen LogP contribution in [0.15, 0.2) is 70.7 Å². The second-order valence-corrected chi connectivity index (χ2v) is 10.6. The molecule has 2 aromatic heterocycles. The molecule has 0 atom stereocenters. The van der Waals surface area contributed by atoms with Gasteiger partial charge in [-0.3, -0.25) is 9.89 Å². The molecule has 1 fully saturated rings. The zero-order valence-electron chi connectivity index (χ0n) is 20.3. The summed E-state index contributed by atoms with van der Waals surface area (Å²) in [5.74, 6) is 1.76. The van der Waals surface area contributed by atoms with Gasteiger partial charge in [0.05, 0.1) is 23.8 Å². The van der Waals surface area contributed by atoms with Crippen molar-refractivity contribution < 1.29 is 15.2 Å². The lowest BCUT2D eigenvalue weighted by Crippen LogP contribution is -2.45. The molecule has 1 aliphatic heterocycles. The van der Waals surface area contributed by atoms with E-state index >= 15 is 0 Å². The van der Waals surface area contributed by atoms with Crippen molar-refractivity contribution in [2.75, 3.05) is 35.7 Å². The predicted octanol–water partition coefficient (Wildman–Crippen LogP) is 6.74. The summed E-state index contributed by atoms with van der Waals surface area (Å²) in [5.41, 5.74) is 2.13. The number of nitrogens with one attached hydrogen (secondary N) is 4. The summed E-state index contributed by atoms with van der Waals surface area (Å²) in [6.07, 6.45) is 0. The van der Waals surface area contributed by atoms with Crippen molar-refractivity contribution in [3.8, 4) is 0 Å². The van der Waals surface area contributed by atoms with Gasteiger partial charge in [0.1, 0.15) is 11.6 Å². The third kappa shape index (κ3) is 6.40. The molecule has 1 amide bonds. The number of aromatic amines is 1. The average molecular weight is 544 g/mol. The molecule has 0 aliphatic carbocycles. The predicted molar refractivity (Wildman–Crippen MR) is 154 cm³/mol. The van der Waals surface area contributed by atoms with E-state index in [0.29, 0.717) is 38.9 Å². The second kappa shape index (κ2) is 10.8. The molecule has 0 spiro atoms. The van der Waals surface area contributed by atoms with Crippen LogP contribution in [0, 0.1) is 12.3 Å². The Morgan fingerprint density at radius 3 is 2.54 bits per heavy atom. The molecule has 0 saturated carbocycles. The number of aromatic nitrogens is 4. The molecule has 37 heavy (non-hydrogen) atoms. The maximum Gasteiger partial charge on any atom is 0.257 e. The van der Waals surface area contributed by atoms with Gasteiger partial charge in [-0.05, 0) is 55.1 Å². The van der Waals surface area contributed by atoms with Gasteiger partial charge in [0.2, 0.25) is 0 Å². The summed E-state index contributed by atoms with van der Waals surface area (Å²) in [5, 5.41) is 17.7. The van der Waals surface area contributed by atoms with Gasteiger partial charge in [0, 0.05) is 46.1 Å². The van der Waals surface area contributed by atoms with Gasteiger partial charge in [-0.2, -0.15) is 5.10 Å². The van der Waals surface area contributed by atoms with Crippen molar-refractivity contribution >= 4 is 52.4 Å². The van der Waals surface area contributed by atoms with Crippen LogP contribution in [0.4, 0.5) is 23.1 Å². The maximum absolute atomic E-state index is 12.5. The van der Waals surface area contributed by atoms with E-state index in [0.717, 1.165) is 30.3 Å². The Bertz CT molecular complexity index is 1430. The zero-order chi connectivity index (χ0) is 25.8. The highest BCUT2D eigenvalue weighted by molar-refractivity contribution is 7.99. The summed E-state index contributed by atoms with van der Waals surface area (Å²) in [6, 6.07) is 18.2. The number of anilines is 4. The number of nitrogens with zero attached hydrogens (tertiary/aromatic N) is 3. The number of ether oxygens (including phenoxy) is 1. The Labute approximate surface area is 229 Å². The van der Waals surface area contributed by atoms with E-state index in [9.17, 15) is 4.79 Å². The lowest BCUT2D eigenvalue weighted by molar-refractivity contribution is -0.0924. The third-order valence-electron chi connectivity index (χ3n) is 5.70. The number of amides is 1. The molecular weight excluding hydrogens is 510 g/mol. The zero-order valence-corrected chi connectivity index (χ0v) is 21.9. The van der Waals surface area contributed by atoms with Gasteiger partial charge in [-0.25, -0.2) is 9.97 Å². The summed E-state index contributed by atoms with van der Waals surface area (Å²) in [7, 11) is 0. The number of rotatable bonds is 9. The minimum absolute atomic E-state index is 0. The third-order valence-corrected chi connectivity index (χ3v) is 6.91. The number of benzene rings is 2.